The van der Waals surface area contributed by atoms with Crippen molar-refractivity contribution in [2.45, 2.75) is 0 Å². The Hall–Kier alpha value is -3.18. The second-order valence-electron chi connectivity index (χ2n) is 4.16. The van der Waals surface area contributed by atoms with Gasteiger partial charge in [-0.2, -0.15) is 10.5 Å². The lowest BCUT2D eigenvalue weighted by atomic mass is 10.1. The average Bonchev–Trinajstić information content (AvgIpc) is 2.48. The summed E-state index contributed by atoms with van der Waals surface area (Å²) >= 11 is 0. The molecule has 0 atom stereocenters. The number of benzene rings is 2. The van der Waals surface area contributed by atoms with Crippen LogP contribution < -0.4 is 5.32 Å². The topological polar surface area (TPSA) is 59.6 Å². The van der Waals surface area contributed by atoms with Crippen LogP contribution in [0.1, 0.15) is 0 Å². The zero-order valence-corrected chi connectivity index (χ0v) is 10.8. The monoisotopic (exact) mass is 281 g/mol. The first-order chi connectivity index (χ1) is 10.1. The molecule has 0 bridgehead atoms. The number of anilines is 1. The Balaban J connectivity index is 2.22. The summed E-state index contributed by atoms with van der Waals surface area (Å²) in [7, 11) is 0. The lowest BCUT2D eigenvalue weighted by Gasteiger charge is -2.05. The molecule has 0 fully saturated rings. The van der Waals surface area contributed by atoms with Crippen molar-refractivity contribution in [3.63, 3.8) is 0 Å². The molecule has 0 aliphatic rings. The highest BCUT2D eigenvalue weighted by Gasteiger charge is 2.03. The molecule has 1 N–H and O–H groups in total. The van der Waals surface area contributed by atoms with Crippen molar-refractivity contribution in [2.24, 2.45) is 0 Å². The molecule has 0 aliphatic carbocycles. The predicted molar refractivity (Wildman–Crippen MR) is 74.7 cm³/mol. The Labute approximate surface area is 120 Å². The van der Waals surface area contributed by atoms with Crippen LogP contribution >= 0.6 is 0 Å². The molecule has 0 unspecified atom stereocenters. The SMILES string of the molecule is N#CC(C#N)=CNc1ccc(-c2cc(F)cc(F)c2)cc1. The van der Waals surface area contributed by atoms with Crippen LogP contribution in [0.25, 0.3) is 11.1 Å². The Morgan fingerprint density at radius 1 is 0.905 bits per heavy atom. The van der Waals surface area contributed by atoms with Gasteiger partial charge in [-0.25, -0.2) is 8.78 Å². The fourth-order valence-electron chi connectivity index (χ4n) is 1.72. The van der Waals surface area contributed by atoms with E-state index in [2.05, 4.69) is 5.32 Å². The van der Waals surface area contributed by atoms with Crippen molar-refractivity contribution in [3.05, 3.63) is 65.9 Å². The van der Waals surface area contributed by atoms with Crippen LogP contribution in [0.3, 0.4) is 0 Å². The van der Waals surface area contributed by atoms with Gasteiger partial charge in [-0.1, -0.05) is 12.1 Å². The van der Waals surface area contributed by atoms with E-state index in [0.717, 1.165) is 6.07 Å². The summed E-state index contributed by atoms with van der Waals surface area (Å²) in [5, 5.41) is 20.0. The van der Waals surface area contributed by atoms with Crippen molar-refractivity contribution < 1.29 is 8.78 Å². The van der Waals surface area contributed by atoms with Gasteiger partial charge in [0.25, 0.3) is 0 Å². The van der Waals surface area contributed by atoms with Crippen LogP contribution in [0.15, 0.2) is 54.2 Å². The van der Waals surface area contributed by atoms with Gasteiger partial charge in [-0.3, -0.25) is 0 Å². The second kappa shape index (κ2) is 6.31. The minimum absolute atomic E-state index is 0.0497. The minimum atomic E-state index is -0.636. The van der Waals surface area contributed by atoms with Crippen LogP contribution in [-0.2, 0) is 0 Å². The highest BCUT2D eigenvalue weighted by molar-refractivity contribution is 5.66. The Kier molecular flexibility index (Phi) is 4.28. The maximum absolute atomic E-state index is 13.2. The van der Waals surface area contributed by atoms with Crippen molar-refractivity contribution in [3.8, 4) is 23.3 Å². The number of halogens is 2. The maximum Gasteiger partial charge on any atom is 0.145 e. The smallest absolute Gasteiger partial charge is 0.145 e. The summed E-state index contributed by atoms with van der Waals surface area (Å²) in [6.07, 6.45) is 1.29. The molecule has 2 aromatic rings. The number of nitrogens with zero attached hydrogens (tertiary/aromatic N) is 2. The van der Waals surface area contributed by atoms with Crippen molar-refractivity contribution in [2.75, 3.05) is 5.32 Å². The number of nitrogens with one attached hydrogen (secondary N) is 1. The van der Waals surface area contributed by atoms with E-state index < -0.39 is 11.6 Å². The largest absolute Gasteiger partial charge is 0.360 e. The van der Waals surface area contributed by atoms with E-state index in [0.29, 0.717) is 16.8 Å². The van der Waals surface area contributed by atoms with Gasteiger partial charge in [0, 0.05) is 18.0 Å². The standard InChI is InChI=1S/C16H9F2N3/c17-14-5-13(6-15(18)7-14)12-1-3-16(4-2-12)21-10-11(8-19)9-20/h1-7,10,21H. The molecule has 2 rings (SSSR count). The number of hydrogen-bond acceptors (Lipinski definition) is 3. The molecule has 21 heavy (non-hydrogen) atoms. The third-order valence-electron chi connectivity index (χ3n) is 2.70. The highest BCUT2D eigenvalue weighted by atomic mass is 19.1. The third kappa shape index (κ3) is 3.65. The van der Waals surface area contributed by atoms with Crippen LogP contribution in [0, 0.1) is 34.3 Å². The fraction of sp³-hybridized carbons (Fsp3) is 0. The van der Waals surface area contributed by atoms with Crippen LogP contribution in [-0.4, -0.2) is 0 Å². The molecule has 0 aliphatic heterocycles. The molecule has 0 heterocycles. The molecular weight excluding hydrogens is 272 g/mol. The van der Waals surface area contributed by atoms with Gasteiger partial charge in [0.05, 0.1) is 0 Å². The summed E-state index contributed by atoms with van der Waals surface area (Å²) in [5.41, 5.74) is 1.69. The summed E-state index contributed by atoms with van der Waals surface area (Å²) in [6, 6.07) is 13.5. The summed E-state index contributed by atoms with van der Waals surface area (Å²) < 4.78 is 26.3. The number of nitriles is 2. The second-order valence-corrected chi connectivity index (χ2v) is 4.16. The van der Waals surface area contributed by atoms with Gasteiger partial charge in [-0.15, -0.1) is 0 Å². The summed E-state index contributed by atoms with van der Waals surface area (Å²) in [6.45, 7) is 0. The zero-order valence-electron chi connectivity index (χ0n) is 10.8. The molecule has 5 heteroatoms. The van der Waals surface area contributed by atoms with Crippen LogP contribution in [0.2, 0.25) is 0 Å². The van der Waals surface area contributed by atoms with E-state index in [9.17, 15) is 8.78 Å². The number of rotatable bonds is 3. The summed E-state index contributed by atoms with van der Waals surface area (Å²) in [5.74, 6) is -1.27. The molecule has 0 saturated carbocycles. The van der Waals surface area contributed by atoms with Gasteiger partial charge in [0.15, 0.2) is 0 Å². The van der Waals surface area contributed by atoms with Crippen molar-refractivity contribution in [1.29, 1.82) is 10.5 Å². The lowest BCUT2D eigenvalue weighted by molar-refractivity contribution is 0.584. The minimum Gasteiger partial charge on any atom is -0.360 e. The lowest BCUT2D eigenvalue weighted by Crippen LogP contribution is -1.90. The van der Waals surface area contributed by atoms with E-state index in [1.165, 1.54) is 18.3 Å². The van der Waals surface area contributed by atoms with Gasteiger partial charge in [0.2, 0.25) is 0 Å². The first-order valence-electron chi connectivity index (χ1n) is 5.96. The van der Waals surface area contributed by atoms with Gasteiger partial charge >= 0.3 is 0 Å². The maximum atomic E-state index is 13.2. The zero-order chi connectivity index (χ0) is 15.2. The van der Waals surface area contributed by atoms with E-state index in [1.807, 2.05) is 0 Å². The molecular formula is C16H9F2N3. The van der Waals surface area contributed by atoms with Crippen molar-refractivity contribution in [1.82, 2.24) is 0 Å². The average molecular weight is 281 g/mol. The van der Waals surface area contributed by atoms with E-state index >= 15 is 0 Å². The first kappa shape index (κ1) is 14.2. The van der Waals surface area contributed by atoms with Crippen molar-refractivity contribution >= 4 is 5.69 Å². The normalized spacial score (nSPS) is 9.33. The molecule has 102 valence electrons. The molecule has 3 nitrogen and oxygen atoms in total. The Morgan fingerprint density at radius 2 is 1.48 bits per heavy atom. The highest BCUT2D eigenvalue weighted by Crippen LogP contribution is 2.23. The number of hydrogen-bond donors (Lipinski definition) is 1. The van der Waals surface area contributed by atoms with E-state index in [-0.39, 0.29) is 5.57 Å². The molecule has 0 radical (unpaired) electrons. The third-order valence-corrected chi connectivity index (χ3v) is 2.70. The molecule has 2 aromatic carbocycles. The molecule has 0 saturated heterocycles. The van der Waals surface area contributed by atoms with Crippen LogP contribution in [0.5, 0.6) is 0 Å². The Bertz CT molecular complexity index is 729. The molecule has 0 spiro atoms. The van der Waals surface area contributed by atoms with Gasteiger partial charge in [0.1, 0.15) is 29.3 Å². The van der Waals surface area contributed by atoms with E-state index in [4.69, 9.17) is 10.5 Å². The fourth-order valence-corrected chi connectivity index (χ4v) is 1.72. The van der Waals surface area contributed by atoms with Crippen LogP contribution in [0.4, 0.5) is 14.5 Å². The van der Waals surface area contributed by atoms with Gasteiger partial charge in [-0.05, 0) is 35.4 Å². The predicted octanol–water partition coefficient (Wildman–Crippen LogP) is 3.97. The Morgan fingerprint density at radius 3 is 2.00 bits per heavy atom. The molecule has 0 aromatic heterocycles. The first-order valence-corrected chi connectivity index (χ1v) is 5.96. The summed E-state index contributed by atoms with van der Waals surface area (Å²) in [4.78, 5) is 0. The quantitative estimate of drug-likeness (QED) is 0.866. The van der Waals surface area contributed by atoms with Gasteiger partial charge < -0.3 is 5.32 Å². The molecule has 0 amide bonds. The number of allylic oxidation sites excluding steroid dienone is 1. The van der Waals surface area contributed by atoms with E-state index in [1.54, 1.807) is 36.4 Å².